The van der Waals surface area contributed by atoms with Gasteiger partial charge in [-0.25, -0.2) is 0 Å². The molecule has 2 aromatic carbocycles. The first-order chi connectivity index (χ1) is 15.3. The number of aryl methyl sites for hydroxylation is 1. The molecule has 1 aliphatic heterocycles. The van der Waals surface area contributed by atoms with Crippen LogP contribution in [0.15, 0.2) is 48.2 Å². The second-order valence-corrected chi connectivity index (χ2v) is 7.88. The molecule has 0 bridgehead atoms. The topological polar surface area (TPSA) is 77.1 Å². The summed E-state index contributed by atoms with van der Waals surface area (Å²) in [6.45, 7) is 6.64. The van der Waals surface area contributed by atoms with Crippen molar-refractivity contribution in [2.24, 2.45) is 0 Å². The van der Waals surface area contributed by atoms with Gasteiger partial charge in [-0.1, -0.05) is 29.8 Å². The van der Waals surface area contributed by atoms with Crippen LogP contribution in [0.4, 0.5) is 5.69 Å². The minimum atomic E-state index is -0.364. The number of hydrogen-bond acceptors (Lipinski definition) is 6. The van der Waals surface area contributed by atoms with Crippen molar-refractivity contribution in [3.8, 4) is 11.5 Å². The second kappa shape index (κ2) is 10.3. The van der Waals surface area contributed by atoms with Gasteiger partial charge >= 0.3 is 0 Å². The van der Waals surface area contributed by atoms with Crippen LogP contribution in [0, 0.1) is 6.92 Å². The highest BCUT2D eigenvalue weighted by molar-refractivity contribution is 6.36. The quantitative estimate of drug-likeness (QED) is 0.446. The molecular formula is C25H30N2O5. The van der Waals surface area contributed by atoms with Crippen LogP contribution < -0.4 is 14.8 Å². The van der Waals surface area contributed by atoms with Gasteiger partial charge in [0.25, 0.3) is 11.8 Å². The number of anilines is 1. The average Bonchev–Trinajstić information content (AvgIpc) is 3.00. The maximum Gasteiger partial charge on any atom is 0.278 e. The lowest BCUT2D eigenvalue weighted by Crippen LogP contribution is -2.34. The van der Waals surface area contributed by atoms with Gasteiger partial charge in [0.15, 0.2) is 0 Å². The Hall–Kier alpha value is -3.32. The van der Waals surface area contributed by atoms with Crippen molar-refractivity contribution in [2.75, 3.05) is 32.7 Å². The fourth-order valence-electron chi connectivity index (χ4n) is 3.45. The van der Waals surface area contributed by atoms with Gasteiger partial charge in [0.05, 0.1) is 25.9 Å². The molecule has 7 heteroatoms. The lowest BCUT2D eigenvalue weighted by molar-refractivity contribution is -0.137. The molecule has 1 N–H and O–H groups in total. The predicted octanol–water partition coefficient (Wildman–Crippen LogP) is 4.02. The van der Waals surface area contributed by atoms with E-state index in [9.17, 15) is 9.59 Å². The highest BCUT2D eigenvalue weighted by Gasteiger charge is 2.39. The van der Waals surface area contributed by atoms with Crippen LogP contribution in [0.25, 0.3) is 5.57 Å². The summed E-state index contributed by atoms with van der Waals surface area (Å²) in [7, 11) is 3.11. The van der Waals surface area contributed by atoms with E-state index in [4.69, 9.17) is 14.2 Å². The van der Waals surface area contributed by atoms with E-state index in [0.29, 0.717) is 41.4 Å². The molecule has 1 heterocycles. The van der Waals surface area contributed by atoms with Gasteiger partial charge in [0.2, 0.25) is 0 Å². The van der Waals surface area contributed by atoms with E-state index in [1.807, 2.05) is 45.0 Å². The summed E-state index contributed by atoms with van der Waals surface area (Å²) in [6, 6.07) is 12.8. The average molecular weight is 439 g/mol. The normalized spacial score (nSPS) is 13.9. The minimum Gasteiger partial charge on any atom is -0.497 e. The van der Waals surface area contributed by atoms with Gasteiger partial charge in [-0.15, -0.1) is 0 Å². The number of nitrogens with one attached hydrogen (secondary N) is 1. The fraction of sp³-hybridized carbons (Fsp3) is 0.360. The molecule has 7 nitrogen and oxygen atoms in total. The molecule has 0 aliphatic carbocycles. The number of hydrogen-bond donors (Lipinski definition) is 1. The number of benzene rings is 2. The predicted molar refractivity (Wildman–Crippen MR) is 124 cm³/mol. The summed E-state index contributed by atoms with van der Waals surface area (Å²) in [5, 5.41) is 3.15. The van der Waals surface area contributed by atoms with Gasteiger partial charge in [-0.05, 0) is 32.8 Å². The molecule has 170 valence electrons. The Balaban J connectivity index is 1.95. The number of carbonyl (C=O) groups is 2. The maximum absolute atomic E-state index is 13.3. The van der Waals surface area contributed by atoms with Crippen LogP contribution in [0.2, 0.25) is 0 Å². The molecule has 0 fully saturated rings. The molecule has 2 amide bonds. The van der Waals surface area contributed by atoms with Crippen LogP contribution in [0.1, 0.15) is 31.4 Å². The number of imide groups is 1. The Morgan fingerprint density at radius 2 is 1.56 bits per heavy atom. The highest BCUT2D eigenvalue weighted by Crippen LogP contribution is 2.33. The van der Waals surface area contributed by atoms with E-state index in [-0.39, 0.29) is 30.2 Å². The highest BCUT2D eigenvalue weighted by atomic mass is 16.5. The second-order valence-electron chi connectivity index (χ2n) is 7.88. The largest absolute Gasteiger partial charge is 0.497 e. The van der Waals surface area contributed by atoms with Crippen molar-refractivity contribution in [1.29, 1.82) is 0 Å². The number of ether oxygens (including phenoxy) is 3. The lowest BCUT2D eigenvalue weighted by atomic mass is 10.0. The number of rotatable bonds is 10. The number of amides is 2. The Morgan fingerprint density at radius 3 is 2.12 bits per heavy atom. The Morgan fingerprint density at radius 1 is 0.938 bits per heavy atom. The van der Waals surface area contributed by atoms with Crippen LogP contribution in [0.5, 0.6) is 11.5 Å². The fourth-order valence-corrected chi connectivity index (χ4v) is 3.45. The van der Waals surface area contributed by atoms with Crippen LogP contribution in [-0.4, -0.2) is 50.2 Å². The van der Waals surface area contributed by atoms with Gasteiger partial charge < -0.3 is 19.5 Å². The number of methoxy groups -OCH3 is 2. The summed E-state index contributed by atoms with van der Waals surface area (Å²) >= 11 is 0. The monoisotopic (exact) mass is 438 g/mol. The lowest BCUT2D eigenvalue weighted by Gasteiger charge is -2.16. The van der Waals surface area contributed by atoms with E-state index in [2.05, 4.69) is 5.32 Å². The van der Waals surface area contributed by atoms with Crippen molar-refractivity contribution in [1.82, 2.24) is 4.90 Å². The maximum atomic E-state index is 13.3. The molecule has 2 aromatic rings. The standard InChI is InChI=1S/C25H30N2O5/c1-16(2)32-12-6-11-27-24(28)22(18-9-7-17(3)8-10-18)23(25(27)29)26-19-13-20(30-4)15-21(14-19)31-5/h7-10,13-16,26H,6,11-12H2,1-5H3. The first kappa shape index (κ1) is 23.3. The van der Waals surface area contributed by atoms with Crippen molar-refractivity contribution < 1.29 is 23.8 Å². The van der Waals surface area contributed by atoms with Crippen LogP contribution in [-0.2, 0) is 14.3 Å². The molecule has 0 saturated heterocycles. The van der Waals surface area contributed by atoms with Crippen molar-refractivity contribution >= 4 is 23.1 Å². The zero-order valence-electron chi connectivity index (χ0n) is 19.2. The zero-order valence-corrected chi connectivity index (χ0v) is 19.2. The van der Waals surface area contributed by atoms with Crippen molar-refractivity contribution in [3.63, 3.8) is 0 Å². The Kier molecular flexibility index (Phi) is 7.53. The number of carbonyl (C=O) groups excluding carboxylic acids is 2. The molecule has 0 unspecified atom stereocenters. The molecule has 0 atom stereocenters. The Bertz CT molecular complexity index is 989. The van der Waals surface area contributed by atoms with Gasteiger partial charge in [-0.2, -0.15) is 0 Å². The van der Waals surface area contributed by atoms with E-state index in [1.165, 1.54) is 4.90 Å². The summed E-state index contributed by atoms with van der Waals surface area (Å²) < 4.78 is 16.2. The third kappa shape index (κ3) is 5.29. The summed E-state index contributed by atoms with van der Waals surface area (Å²) in [6.07, 6.45) is 0.665. The molecular weight excluding hydrogens is 408 g/mol. The van der Waals surface area contributed by atoms with Gasteiger partial charge in [0, 0.05) is 37.0 Å². The van der Waals surface area contributed by atoms with Crippen molar-refractivity contribution in [3.05, 3.63) is 59.3 Å². The van der Waals surface area contributed by atoms with Crippen LogP contribution in [0.3, 0.4) is 0 Å². The molecule has 32 heavy (non-hydrogen) atoms. The Labute approximate surface area is 189 Å². The molecule has 0 radical (unpaired) electrons. The summed E-state index contributed by atoms with van der Waals surface area (Å²) in [4.78, 5) is 27.9. The summed E-state index contributed by atoms with van der Waals surface area (Å²) in [5.41, 5.74) is 2.93. The molecule has 1 aliphatic rings. The molecule has 0 aromatic heterocycles. The third-order valence-corrected chi connectivity index (χ3v) is 5.11. The van der Waals surface area contributed by atoms with E-state index in [0.717, 1.165) is 5.56 Å². The number of nitrogens with zero attached hydrogens (tertiary/aromatic N) is 1. The zero-order chi connectivity index (χ0) is 23.3. The smallest absolute Gasteiger partial charge is 0.278 e. The molecule has 3 rings (SSSR count). The van der Waals surface area contributed by atoms with Crippen LogP contribution >= 0.6 is 0 Å². The van der Waals surface area contributed by atoms with E-state index < -0.39 is 0 Å². The first-order valence-electron chi connectivity index (χ1n) is 10.6. The molecule has 0 saturated carbocycles. The van der Waals surface area contributed by atoms with Gasteiger partial charge in [-0.3, -0.25) is 14.5 Å². The van der Waals surface area contributed by atoms with E-state index in [1.54, 1.807) is 32.4 Å². The van der Waals surface area contributed by atoms with Crippen molar-refractivity contribution in [2.45, 2.75) is 33.3 Å². The minimum absolute atomic E-state index is 0.0986. The van der Waals surface area contributed by atoms with E-state index >= 15 is 0 Å². The first-order valence-corrected chi connectivity index (χ1v) is 10.6. The van der Waals surface area contributed by atoms with Gasteiger partial charge in [0.1, 0.15) is 17.2 Å². The summed E-state index contributed by atoms with van der Waals surface area (Å²) in [5.74, 6) is 0.463. The molecule has 0 spiro atoms. The third-order valence-electron chi connectivity index (χ3n) is 5.11. The SMILES string of the molecule is COc1cc(NC2=C(c3ccc(C)cc3)C(=O)N(CCCOC(C)C)C2=O)cc(OC)c1.